The van der Waals surface area contributed by atoms with Gasteiger partial charge in [0.25, 0.3) is 0 Å². The number of aliphatic hydroxyl groups is 1. The summed E-state index contributed by atoms with van der Waals surface area (Å²) < 4.78 is 5.47. The second kappa shape index (κ2) is 5.27. The molecule has 0 saturated carbocycles. The molecule has 2 aromatic rings. The minimum atomic E-state index is -0.645. The summed E-state index contributed by atoms with van der Waals surface area (Å²) in [5, 5.41) is 11.5. The Hall–Kier alpha value is -1.45. The minimum Gasteiger partial charge on any atom is -0.385 e. The maximum atomic E-state index is 10.5. The third-order valence-electron chi connectivity index (χ3n) is 3.91. The van der Waals surface area contributed by atoms with Crippen LogP contribution in [0.25, 0.3) is 10.9 Å². The molecular formula is C16H21NO2. The first-order valence-corrected chi connectivity index (χ1v) is 6.60. The van der Waals surface area contributed by atoms with Crippen LogP contribution in [0.5, 0.6) is 0 Å². The van der Waals surface area contributed by atoms with Crippen molar-refractivity contribution >= 4 is 10.9 Å². The fourth-order valence-electron chi connectivity index (χ4n) is 2.22. The summed E-state index contributed by atoms with van der Waals surface area (Å²) in [4.78, 5) is 4.47. The largest absolute Gasteiger partial charge is 0.385 e. The molecule has 1 aromatic carbocycles. The maximum absolute atomic E-state index is 10.5. The topological polar surface area (TPSA) is 42.4 Å². The molecule has 1 aromatic heterocycles. The number of ether oxygens (including phenoxy) is 1. The van der Waals surface area contributed by atoms with Crippen LogP contribution in [0, 0.1) is 6.92 Å². The van der Waals surface area contributed by atoms with Gasteiger partial charge in [0.2, 0.25) is 0 Å². The minimum absolute atomic E-state index is 0.564. The zero-order valence-corrected chi connectivity index (χ0v) is 12.0. The van der Waals surface area contributed by atoms with E-state index in [1.165, 1.54) is 0 Å². The van der Waals surface area contributed by atoms with Crippen LogP contribution in [0.4, 0.5) is 0 Å². The van der Waals surface area contributed by atoms with Crippen molar-refractivity contribution in [3.8, 4) is 0 Å². The molecule has 0 saturated heterocycles. The first-order valence-electron chi connectivity index (χ1n) is 6.60. The third-order valence-corrected chi connectivity index (χ3v) is 3.91. The average Bonchev–Trinajstić information content (AvgIpc) is 2.45. The molecule has 102 valence electrons. The van der Waals surface area contributed by atoms with Crippen molar-refractivity contribution in [2.75, 3.05) is 7.11 Å². The Kier molecular flexibility index (Phi) is 3.88. The number of aryl methyl sites for hydroxylation is 1. The van der Waals surface area contributed by atoms with Crippen molar-refractivity contribution in [3.05, 3.63) is 41.6 Å². The van der Waals surface area contributed by atoms with Gasteiger partial charge in [-0.25, -0.2) is 0 Å². The van der Waals surface area contributed by atoms with E-state index >= 15 is 0 Å². The zero-order valence-electron chi connectivity index (χ0n) is 12.0. The highest BCUT2D eigenvalue weighted by atomic mass is 16.5. The number of benzene rings is 1. The summed E-state index contributed by atoms with van der Waals surface area (Å²) in [6.45, 7) is 5.91. The molecule has 0 radical (unpaired) electrons. The van der Waals surface area contributed by atoms with Crippen molar-refractivity contribution in [2.24, 2.45) is 0 Å². The Morgan fingerprint density at radius 2 is 2.05 bits per heavy atom. The second-order valence-electron chi connectivity index (χ2n) is 5.18. The number of hydrogen-bond acceptors (Lipinski definition) is 3. The van der Waals surface area contributed by atoms with E-state index in [2.05, 4.69) is 4.98 Å². The van der Waals surface area contributed by atoms with Gasteiger partial charge in [0.05, 0.1) is 11.1 Å². The Morgan fingerprint density at radius 1 is 1.32 bits per heavy atom. The molecule has 0 aliphatic heterocycles. The van der Waals surface area contributed by atoms with Crippen LogP contribution < -0.4 is 0 Å². The Balaban J connectivity index is 2.43. The van der Waals surface area contributed by atoms with Crippen LogP contribution in [0.2, 0.25) is 0 Å². The molecule has 0 amide bonds. The monoisotopic (exact) mass is 259 g/mol. The number of aromatic nitrogens is 1. The van der Waals surface area contributed by atoms with Gasteiger partial charge in [0.1, 0.15) is 6.10 Å². The summed E-state index contributed by atoms with van der Waals surface area (Å²) in [6.07, 6.45) is 0.0997. The summed E-state index contributed by atoms with van der Waals surface area (Å²) >= 11 is 0. The SMILES string of the molecule is CCC(C)(OC)C(O)c1ccc2nc(C)ccc2c1. The van der Waals surface area contributed by atoms with E-state index in [4.69, 9.17) is 4.74 Å². The molecule has 3 nitrogen and oxygen atoms in total. The number of methoxy groups -OCH3 is 1. The summed E-state index contributed by atoms with van der Waals surface area (Å²) in [5.74, 6) is 0. The van der Waals surface area contributed by atoms with E-state index in [-0.39, 0.29) is 0 Å². The van der Waals surface area contributed by atoms with Gasteiger partial charge < -0.3 is 9.84 Å². The fourth-order valence-corrected chi connectivity index (χ4v) is 2.22. The van der Waals surface area contributed by atoms with Crippen molar-refractivity contribution < 1.29 is 9.84 Å². The van der Waals surface area contributed by atoms with Crippen LogP contribution in [0.15, 0.2) is 30.3 Å². The van der Waals surface area contributed by atoms with Crippen molar-refractivity contribution in [1.82, 2.24) is 4.98 Å². The molecule has 0 spiro atoms. The summed E-state index contributed by atoms with van der Waals surface area (Å²) in [7, 11) is 1.64. The second-order valence-corrected chi connectivity index (χ2v) is 5.18. The first-order chi connectivity index (χ1) is 9.00. The smallest absolute Gasteiger partial charge is 0.108 e. The lowest BCUT2D eigenvalue weighted by molar-refractivity contribution is -0.0943. The van der Waals surface area contributed by atoms with Gasteiger partial charge in [0.15, 0.2) is 0 Å². The average molecular weight is 259 g/mol. The number of fused-ring (bicyclic) bond motifs is 1. The van der Waals surface area contributed by atoms with Crippen LogP contribution in [0.3, 0.4) is 0 Å². The number of aliphatic hydroxyl groups excluding tert-OH is 1. The number of hydrogen-bond donors (Lipinski definition) is 1. The molecule has 0 aliphatic rings. The fraction of sp³-hybridized carbons (Fsp3) is 0.438. The third kappa shape index (κ3) is 2.62. The van der Waals surface area contributed by atoms with Crippen LogP contribution in [-0.2, 0) is 4.74 Å². The molecule has 2 unspecified atom stereocenters. The van der Waals surface area contributed by atoms with E-state index in [0.717, 1.165) is 28.6 Å². The summed E-state index contributed by atoms with van der Waals surface area (Å²) in [5.41, 5.74) is 2.25. The predicted molar refractivity (Wildman–Crippen MR) is 77.1 cm³/mol. The van der Waals surface area contributed by atoms with Gasteiger partial charge >= 0.3 is 0 Å². The van der Waals surface area contributed by atoms with Crippen molar-refractivity contribution in [2.45, 2.75) is 38.9 Å². The highest BCUT2D eigenvalue weighted by Crippen LogP contribution is 2.32. The normalized spacial score (nSPS) is 16.3. The highest BCUT2D eigenvalue weighted by Gasteiger charge is 2.32. The quantitative estimate of drug-likeness (QED) is 0.915. The standard InChI is InChI=1S/C16H21NO2/c1-5-16(3,19-4)15(18)13-8-9-14-12(10-13)7-6-11(2)17-14/h6-10,15,18H,5H2,1-4H3. The molecule has 3 heteroatoms. The van der Waals surface area contributed by atoms with Crippen LogP contribution in [0.1, 0.15) is 37.6 Å². The van der Waals surface area contributed by atoms with Gasteiger partial charge in [-0.3, -0.25) is 4.98 Å². The number of nitrogens with zero attached hydrogens (tertiary/aromatic N) is 1. The Labute approximate surface area is 114 Å². The zero-order chi connectivity index (χ0) is 14.0. The molecule has 1 N–H and O–H groups in total. The lowest BCUT2D eigenvalue weighted by Gasteiger charge is -2.32. The molecule has 19 heavy (non-hydrogen) atoms. The molecule has 0 bridgehead atoms. The number of rotatable bonds is 4. The van der Waals surface area contributed by atoms with Gasteiger partial charge in [-0.2, -0.15) is 0 Å². The molecule has 2 atom stereocenters. The molecular weight excluding hydrogens is 238 g/mol. The first kappa shape index (κ1) is 14.0. The lowest BCUT2D eigenvalue weighted by atomic mass is 9.89. The Bertz CT molecular complexity index is 576. The molecule has 1 heterocycles. The maximum Gasteiger partial charge on any atom is 0.108 e. The Morgan fingerprint density at radius 3 is 2.68 bits per heavy atom. The van der Waals surface area contributed by atoms with E-state index in [0.29, 0.717) is 0 Å². The van der Waals surface area contributed by atoms with Crippen molar-refractivity contribution in [3.63, 3.8) is 0 Å². The van der Waals surface area contributed by atoms with E-state index < -0.39 is 11.7 Å². The van der Waals surface area contributed by atoms with Crippen LogP contribution in [-0.4, -0.2) is 22.8 Å². The van der Waals surface area contributed by atoms with E-state index in [9.17, 15) is 5.11 Å². The predicted octanol–water partition coefficient (Wildman–Crippen LogP) is 3.39. The van der Waals surface area contributed by atoms with Gasteiger partial charge in [-0.05, 0) is 44.0 Å². The van der Waals surface area contributed by atoms with Gasteiger partial charge in [0, 0.05) is 18.2 Å². The van der Waals surface area contributed by atoms with Crippen LogP contribution >= 0.6 is 0 Å². The number of pyridine rings is 1. The van der Waals surface area contributed by atoms with Gasteiger partial charge in [-0.1, -0.05) is 19.1 Å². The van der Waals surface area contributed by atoms with Gasteiger partial charge in [-0.15, -0.1) is 0 Å². The lowest BCUT2D eigenvalue weighted by Crippen LogP contribution is -2.34. The molecule has 2 rings (SSSR count). The molecule has 0 aliphatic carbocycles. The highest BCUT2D eigenvalue weighted by molar-refractivity contribution is 5.79. The molecule has 0 fully saturated rings. The van der Waals surface area contributed by atoms with E-state index in [1.807, 2.05) is 51.1 Å². The van der Waals surface area contributed by atoms with E-state index in [1.54, 1.807) is 7.11 Å². The van der Waals surface area contributed by atoms with Crippen molar-refractivity contribution in [1.29, 1.82) is 0 Å². The summed E-state index contributed by atoms with van der Waals surface area (Å²) in [6, 6.07) is 9.87.